The largest absolute Gasteiger partial charge is 0.492 e. The minimum absolute atomic E-state index is 0.0189. The van der Waals surface area contributed by atoms with Gasteiger partial charge in [0.25, 0.3) is 0 Å². The predicted octanol–water partition coefficient (Wildman–Crippen LogP) is 1.19. The fraction of sp³-hybridized carbons (Fsp3) is 0.588. The van der Waals surface area contributed by atoms with E-state index in [9.17, 15) is 9.90 Å². The molecule has 5 heteroatoms. The highest BCUT2D eigenvalue weighted by Crippen LogP contribution is 2.16. The lowest BCUT2D eigenvalue weighted by Crippen LogP contribution is -2.47. The summed E-state index contributed by atoms with van der Waals surface area (Å²) in [6.07, 6.45) is 0.608. The van der Waals surface area contributed by atoms with Crippen LogP contribution in [-0.2, 0) is 4.79 Å². The van der Waals surface area contributed by atoms with Crippen molar-refractivity contribution in [1.29, 1.82) is 0 Å². The third-order valence-electron chi connectivity index (χ3n) is 4.05. The molecule has 122 valence electrons. The molecule has 2 unspecified atom stereocenters. The normalized spacial score (nSPS) is 22.3. The van der Waals surface area contributed by atoms with Crippen molar-refractivity contribution in [2.24, 2.45) is 5.92 Å². The average Bonchev–Trinajstić information content (AvgIpc) is 2.48. The summed E-state index contributed by atoms with van der Waals surface area (Å²) in [5.41, 5.74) is 1.15. The molecule has 0 saturated carbocycles. The van der Waals surface area contributed by atoms with E-state index in [2.05, 4.69) is 5.32 Å². The standard InChI is InChI=1S/C17H26N2O3/c1-13-4-3-5-15(10-13)22-9-7-18-17(21)12-19-8-6-14(2)16(20)11-19/h3-5,10,14,16,20H,6-9,11-12H2,1-2H3,(H,18,21). The van der Waals surface area contributed by atoms with Crippen molar-refractivity contribution in [3.05, 3.63) is 29.8 Å². The Morgan fingerprint density at radius 3 is 3.05 bits per heavy atom. The first-order valence-corrected chi connectivity index (χ1v) is 7.91. The first-order valence-electron chi connectivity index (χ1n) is 7.91. The van der Waals surface area contributed by atoms with E-state index in [1.54, 1.807) is 0 Å². The summed E-state index contributed by atoms with van der Waals surface area (Å²) in [6, 6.07) is 7.84. The van der Waals surface area contributed by atoms with Crippen molar-refractivity contribution in [3.8, 4) is 5.75 Å². The zero-order valence-corrected chi connectivity index (χ0v) is 13.4. The fourth-order valence-electron chi connectivity index (χ4n) is 2.58. The van der Waals surface area contributed by atoms with Crippen LogP contribution in [0, 0.1) is 12.8 Å². The summed E-state index contributed by atoms with van der Waals surface area (Å²) in [4.78, 5) is 13.9. The van der Waals surface area contributed by atoms with Crippen LogP contribution in [0.15, 0.2) is 24.3 Å². The van der Waals surface area contributed by atoms with E-state index in [4.69, 9.17) is 4.74 Å². The van der Waals surface area contributed by atoms with E-state index in [0.29, 0.717) is 32.2 Å². The second-order valence-electron chi connectivity index (χ2n) is 6.08. The SMILES string of the molecule is Cc1cccc(OCCNC(=O)CN2CCC(C)C(O)C2)c1. The summed E-state index contributed by atoms with van der Waals surface area (Å²) in [7, 11) is 0. The monoisotopic (exact) mass is 306 g/mol. The Bertz CT molecular complexity index is 493. The highest BCUT2D eigenvalue weighted by atomic mass is 16.5. The lowest BCUT2D eigenvalue weighted by Gasteiger charge is -2.33. The molecule has 0 spiro atoms. The molecule has 2 rings (SSSR count). The van der Waals surface area contributed by atoms with Crippen molar-refractivity contribution in [1.82, 2.24) is 10.2 Å². The zero-order chi connectivity index (χ0) is 15.9. The van der Waals surface area contributed by atoms with Gasteiger partial charge in [-0.25, -0.2) is 0 Å². The lowest BCUT2D eigenvalue weighted by molar-refractivity contribution is -0.123. The third kappa shape index (κ3) is 5.31. The third-order valence-corrected chi connectivity index (χ3v) is 4.05. The van der Waals surface area contributed by atoms with E-state index in [1.807, 2.05) is 43.0 Å². The minimum atomic E-state index is -0.328. The molecule has 5 nitrogen and oxygen atoms in total. The van der Waals surface area contributed by atoms with Gasteiger partial charge in [-0.3, -0.25) is 9.69 Å². The summed E-state index contributed by atoms with van der Waals surface area (Å²) in [5, 5.41) is 12.7. The number of benzene rings is 1. The van der Waals surface area contributed by atoms with Crippen LogP contribution in [0.5, 0.6) is 5.75 Å². The fourth-order valence-corrected chi connectivity index (χ4v) is 2.58. The van der Waals surface area contributed by atoms with Crippen LogP contribution in [0.1, 0.15) is 18.9 Å². The minimum Gasteiger partial charge on any atom is -0.492 e. The second-order valence-corrected chi connectivity index (χ2v) is 6.08. The number of likely N-dealkylation sites (tertiary alicyclic amines) is 1. The molecule has 1 heterocycles. The summed E-state index contributed by atoms with van der Waals surface area (Å²) in [6.45, 7) is 6.79. The van der Waals surface area contributed by atoms with E-state index in [1.165, 1.54) is 0 Å². The average molecular weight is 306 g/mol. The van der Waals surface area contributed by atoms with Crippen LogP contribution in [0.4, 0.5) is 0 Å². The lowest BCUT2D eigenvalue weighted by atomic mass is 9.96. The first kappa shape index (κ1) is 16.8. The number of carbonyl (C=O) groups is 1. The van der Waals surface area contributed by atoms with E-state index in [-0.39, 0.29) is 12.0 Å². The molecule has 0 aliphatic carbocycles. The molecule has 1 fully saturated rings. The Balaban J connectivity index is 1.62. The maximum atomic E-state index is 11.9. The first-order chi connectivity index (χ1) is 10.5. The summed E-state index contributed by atoms with van der Waals surface area (Å²) in [5.74, 6) is 1.12. The number of hydrogen-bond donors (Lipinski definition) is 2. The van der Waals surface area contributed by atoms with Crippen LogP contribution in [0.25, 0.3) is 0 Å². The number of β-amino-alcohol motifs (C(OH)–C–C–N with tert-alkyl or cyclic N) is 1. The van der Waals surface area contributed by atoms with Gasteiger partial charge in [0.2, 0.25) is 5.91 Å². The maximum absolute atomic E-state index is 11.9. The summed E-state index contributed by atoms with van der Waals surface area (Å²) >= 11 is 0. The number of aliphatic hydroxyl groups is 1. The number of carbonyl (C=O) groups excluding carboxylic acids is 1. The van der Waals surface area contributed by atoms with Crippen molar-refractivity contribution < 1.29 is 14.6 Å². The molecule has 1 saturated heterocycles. The molecule has 2 atom stereocenters. The maximum Gasteiger partial charge on any atom is 0.234 e. The van der Waals surface area contributed by atoms with Gasteiger partial charge in [0.15, 0.2) is 0 Å². The molecular weight excluding hydrogens is 280 g/mol. The summed E-state index contributed by atoms with van der Waals surface area (Å²) < 4.78 is 5.59. The number of nitrogens with zero attached hydrogens (tertiary/aromatic N) is 1. The van der Waals surface area contributed by atoms with Crippen LogP contribution in [0.3, 0.4) is 0 Å². The van der Waals surface area contributed by atoms with E-state index >= 15 is 0 Å². The van der Waals surface area contributed by atoms with Crippen LogP contribution in [0.2, 0.25) is 0 Å². The Hall–Kier alpha value is -1.59. The van der Waals surface area contributed by atoms with Gasteiger partial charge in [0, 0.05) is 6.54 Å². The van der Waals surface area contributed by atoms with Crippen LogP contribution < -0.4 is 10.1 Å². The molecule has 22 heavy (non-hydrogen) atoms. The van der Waals surface area contributed by atoms with E-state index in [0.717, 1.165) is 24.3 Å². The molecule has 1 aliphatic rings. The zero-order valence-electron chi connectivity index (χ0n) is 13.4. The van der Waals surface area contributed by atoms with Gasteiger partial charge in [-0.1, -0.05) is 19.1 Å². The number of amides is 1. The van der Waals surface area contributed by atoms with Gasteiger partial charge in [0.05, 0.1) is 19.2 Å². The smallest absolute Gasteiger partial charge is 0.234 e. The Morgan fingerprint density at radius 2 is 2.32 bits per heavy atom. The molecule has 0 aromatic heterocycles. The molecule has 0 bridgehead atoms. The molecule has 1 aromatic carbocycles. The van der Waals surface area contributed by atoms with Crippen molar-refractivity contribution >= 4 is 5.91 Å². The number of ether oxygens (including phenoxy) is 1. The van der Waals surface area contributed by atoms with Crippen molar-refractivity contribution in [2.45, 2.75) is 26.4 Å². The molecule has 2 N–H and O–H groups in total. The van der Waals surface area contributed by atoms with Crippen molar-refractivity contribution in [3.63, 3.8) is 0 Å². The quantitative estimate of drug-likeness (QED) is 0.775. The number of piperidine rings is 1. The molecule has 1 aromatic rings. The van der Waals surface area contributed by atoms with Gasteiger partial charge < -0.3 is 15.2 Å². The number of rotatable bonds is 6. The molecule has 0 radical (unpaired) electrons. The number of hydrogen-bond acceptors (Lipinski definition) is 4. The van der Waals surface area contributed by atoms with Gasteiger partial charge in [0.1, 0.15) is 12.4 Å². The second kappa shape index (κ2) is 8.15. The molecular formula is C17H26N2O3. The predicted molar refractivity (Wildman–Crippen MR) is 85.9 cm³/mol. The number of aryl methyl sites for hydroxylation is 1. The van der Waals surface area contributed by atoms with Gasteiger partial charge >= 0.3 is 0 Å². The van der Waals surface area contributed by atoms with E-state index < -0.39 is 0 Å². The molecule has 1 aliphatic heterocycles. The Morgan fingerprint density at radius 1 is 1.50 bits per heavy atom. The van der Waals surface area contributed by atoms with Crippen molar-refractivity contribution in [2.75, 3.05) is 32.8 Å². The van der Waals surface area contributed by atoms with Crippen LogP contribution >= 0.6 is 0 Å². The Labute approximate surface area is 132 Å². The highest BCUT2D eigenvalue weighted by Gasteiger charge is 2.25. The number of aliphatic hydroxyl groups excluding tert-OH is 1. The highest BCUT2D eigenvalue weighted by molar-refractivity contribution is 5.78. The van der Waals surface area contributed by atoms with Gasteiger partial charge in [-0.2, -0.15) is 0 Å². The number of nitrogens with one attached hydrogen (secondary N) is 1. The van der Waals surface area contributed by atoms with Crippen LogP contribution in [-0.4, -0.2) is 54.8 Å². The molecule has 1 amide bonds. The van der Waals surface area contributed by atoms with Gasteiger partial charge in [-0.05, 0) is 43.5 Å². The topological polar surface area (TPSA) is 61.8 Å². The Kier molecular flexibility index (Phi) is 6.21. The van der Waals surface area contributed by atoms with Gasteiger partial charge in [-0.15, -0.1) is 0 Å².